The van der Waals surface area contributed by atoms with Gasteiger partial charge in [-0.05, 0) is 6.92 Å². The lowest BCUT2D eigenvalue weighted by atomic mass is 10.3. The van der Waals surface area contributed by atoms with Gasteiger partial charge in [-0.2, -0.15) is 10.4 Å². The fourth-order valence-corrected chi connectivity index (χ4v) is 1.06. The van der Waals surface area contributed by atoms with E-state index in [1.54, 1.807) is 14.0 Å². The van der Waals surface area contributed by atoms with Gasteiger partial charge < -0.3 is 9.84 Å². The number of nitriles is 1. The molecule has 0 fully saturated rings. The van der Waals surface area contributed by atoms with Crippen LogP contribution in [0.25, 0.3) is 0 Å². The number of aromatic nitrogens is 2. The van der Waals surface area contributed by atoms with Crippen molar-refractivity contribution in [3.63, 3.8) is 0 Å². The lowest BCUT2D eigenvalue weighted by Gasteiger charge is -2.02. The molecule has 0 aliphatic rings. The molecule has 1 aromatic heterocycles. The maximum absolute atomic E-state index is 10.3. The Morgan fingerprint density at radius 1 is 1.79 bits per heavy atom. The molecule has 6 nitrogen and oxygen atoms in total. The summed E-state index contributed by atoms with van der Waals surface area (Å²) in [5.74, 6) is -0.903. The number of aryl methyl sites for hydroxylation is 2. The van der Waals surface area contributed by atoms with Crippen molar-refractivity contribution in [1.82, 2.24) is 9.78 Å². The van der Waals surface area contributed by atoms with Crippen LogP contribution in [0.15, 0.2) is 0 Å². The van der Waals surface area contributed by atoms with Crippen molar-refractivity contribution in [3.8, 4) is 11.9 Å². The molecule has 1 N–H and O–H groups in total. The van der Waals surface area contributed by atoms with Crippen LogP contribution in [0.3, 0.4) is 0 Å². The van der Waals surface area contributed by atoms with Gasteiger partial charge in [-0.25, -0.2) is 9.48 Å². The van der Waals surface area contributed by atoms with Crippen LogP contribution < -0.4 is 4.74 Å². The summed E-state index contributed by atoms with van der Waals surface area (Å²) in [6.07, 6.45) is 0. The van der Waals surface area contributed by atoms with Crippen LogP contribution >= 0.6 is 0 Å². The highest BCUT2D eigenvalue weighted by Crippen LogP contribution is 2.19. The second-order valence-electron chi connectivity index (χ2n) is 2.68. The molecule has 0 aromatic carbocycles. The van der Waals surface area contributed by atoms with Crippen LogP contribution in [0.1, 0.15) is 11.3 Å². The molecule has 0 unspecified atom stereocenters. The van der Waals surface area contributed by atoms with Gasteiger partial charge in [0.2, 0.25) is 5.88 Å². The first-order chi connectivity index (χ1) is 6.56. The maximum atomic E-state index is 10.3. The number of ether oxygens (including phenoxy) is 1. The van der Waals surface area contributed by atoms with Crippen molar-refractivity contribution in [2.45, 2.75) is 6.92 Å². The highest BCUT2D eigenvalue weighted by atomic mass is 16.5. The zero-order chi connectivity index (χ0) is 10.7. The molecule has 0 saturated carbocycles. The van der Waals surface area contributed by atoms with E-state index in [0.29, 0.717) is 5.69 Å². The van der Waals surface area contributed by atoms with Gasteiger partial charge in [0.25, 0.3) is 0 Å². The molecule has 0 aliphatic heterocycles. The van der Waals surface area contributed by atoms with E-state index in [2.05, 4.69) is 5.10 Å². The minimum atomic E-state index is -1.09. The summed E-state index contributed by atoms with van der Waals surface area (Å²) in [6, 6.07) is 1.91. The molecule has 14 heavy (non-hydrogen) atoms. The highest BCUT2D eigenvalue weighted by molar-refractivity contribution is 5.68. The number of hydrogen-bond acceptors (Lipinski definition) is 4. The Bertz CT molecular complexity index is 403. The summed E-state index contributed by atoms with van der Waals surface area (Å²) >= 11 is 0. The summed E-state index contributed by atoms with van der Waals surface area (Å²) in [5.41, 5.74) is 0.795. The van der Waals surface area contributed by atoms with Crippen molar-refractivity contribution in [1.29, 1.82) is 5.26 Å². The maximum Gasteiger partial charge on any atom is 0.341 e. The van der Waals surface area contributed by atoms with Crippen LogP contribution in [-0.4, -0.2) is 27.5 Å². The monoisotopic (exact) mass is 195 g/mol. The Balaban J connectivity index is 2.96. The lowest BCUT2D eigenvalue weighted by molar-refractivity contribution is -0.139. The van der Waals surface area contributed by atoms with E-state index in [0.717, 1.165) is 0 Å². The molecular weight excluding hydrogens is 186 g/mol. The van der Waals surface area contributed by atoms with Gasteiger partial charge in [0.15, 0.2) is 6.61 Å². The van der Waals surface area contributed by atoms with Gasteiger partial charge in [0, 0.05) is 7.05 Å². The highest BCUT2D eigenvalue weighted by Gasteiger charge is 2.14. The van der Waals surface area contributed by atoms with Gasteiger partial charge in [0.1, 0.15) is 11.6 Å². The van der Waals surface area contributed by atoms with Crippen LogP contribution in [0.4, 0.5) is 0 Å². The number of nitrogens with zero attached hydrogens (tertiary/aromatic N) is 3. The van der Waals surface area contributed by atoms with E-state index >= 15 is 0 Å². The zero-order valence-electron chi connectivity index (χ0n) is 7.81. The van der Waals surface area contributed by atoms with Gasteiger partial charge in [-0.15, -0.1) is 0 Å². The summed E-state index contributed by atoms with van der Waals surface area (Å²) in [5, 5.41) is 21.1. The molecule has 0 saturated heterocycles. The molecule has 0 spiro atoms. The third kappa shape index (κ3) is 1.82. The summed E-state index contributed by atoms with van der Waals surface area (Å²) in [7, 11) is 1.59. The summed E-state index contributed by atoms with van der Waals surface area (Å²) in [6.45, 7) is 1.18. The molecule has 0 aliphatic carbocycles. The topological polar surface area (TPSA) is 88.1 Å². The Kier molecular flexibility index (Phi) is 2.72. The van der Waals surface area contributed by atoms with E-state index in [-0.39, 0.29) is 11.4 Å². The minimum Gasteiger partial charge on any atom is -0.479 e. The van der Waals surface area contributed by atoms with E-state index in [9.17, 15) is 4.79 Å². The Labute approximate surface area is 80.3 Å². The summed E-state index contributed by atoms with van der Waals surface area (Å²) in [4.78, 5) is 10.3. The fourth-order valence-electron chi connectivity index (χ4n) is 1.06. The van der Waals surface area contributed by atoms with E-state index in [4.69, 9.17) is 15.1 Å². The van der Waals surface area contributed by atoms with Crippen molar-refractivity contribution in [3.05, 3.63) is 11.3 Å². The Morgan fingerprint density at radius 2 is 2.43 bits per heavy atom. The molecular formula is C8H9N3O3. The molecule has 1 heterocycles. The molecule has 1 rings (SSSR count). The standard InChI is InChI=1S/C8H9N3O3/c1-5-6(3-9)8(11(2)10-5)14-4-7(12)13/h4H2,1-2H3,(H,12,13). The molecule has 0 atom stereocenters. The average Bonchev–Trinajstić information content (AvgIpc) is 2.36. The van der Waals surface area contributed by atoms with E-state index < -0.39 is 12.6 Å². The van der Waals surface area contributed by atoms with Gasteiger partial charge >= 0.3 is 5.97 Å². The SMILES string of the molecule is Cc1nn(C)c(OCC(=O)O)c1C#N. The first-order valence-electron chi connectivity index (χ1n) is 3.84. The second-order valence-corrected chi connectivity index (χ2v) is 2.68. The number of carboxylic acids is 1. The average molecular weight is 195 g/mol. The number of rotatable bonds is 3. The number of aliphatic carboxylic acids is 1. The number of carboxylic acid groups (broad SMARTS) is 1. The second kappa shape index (κ2) is 3.79. The number of hydrogen-bond donors (Lipinski definition) is 1. The third-order valence-corrected chi connectivity index (χ3v) is 1.61. The normalized spacial score (nSPS) is 9.50. The van der Waals surface area contributed by atoms with Crippen LogP contribution in [0.5, 0.6) is 5.88 Å². The molecule has 0 amide bonds. The van der Waals surface area contributed by atoms with Crippen molar-refractivity contribution in [2.75, 3.05) is 6.61 Å². The van der Waals surface area contributed by atoms with Crippen LogP contribution in [-0.2, 0) is 11.8 Å². The first kappa shape index (κ1) is 10.1. The van der Waals surface area contributed by atoms with Crippen LogP contribution in [0.2, 0.25) is 0 Å². The Morgan fingerprint density at radius 3 is 2.93 bits per heavy atom. The van der Waals surface area contributed by atoms with E-state index in [1.165, 1.54) is 4.68 Å². The Hall–Kier alpha value is -2.03. The van der Waals surface area contributed by atoms with Gasteiger partial charge in [-0.3, -0.25) is 0 Å². The van der Waals surface area contributed by atoms with Crippen molar-refractivity contribution < 1.29 is 14.6 Å². The zero-order valence-corrected chi connectivity index (χ0v) is 7.81. The quantitative estimate of drug-likeness (QED) is 0.736. The molecule has 0 bridgehead atoms. The summed E-state index contributed by atoms with van der Waals surface area (Å²) < 4.78 is 6.26. The predicted molar refractivity (Wildman–Crippen MR) is 45.8 cm³/mol. The first-order valence-corrected chi connectivity index (χ1v) is 3.84. The van der Waals surface area contributed by atoms with Gasteiger partial charge in [-0.1, -0.05) is 0 Å². The smallest absolute Gasteiger partial charge is 0.341 e. The van der Waals surface area contributed by atoms with Crippen LogP contribution in [0, 0.1) is 18.3 Å². The van der Waals surface area contributed by atoms with E-state index in [1.807, 2.05) is 6.07 Å². The van der Waals surface area contributed by atoms with Crippen molar-refractivity contribution in [2.24, 2.45) is 7.05 Å². The molecule has 74 valence electrons. The minimum absolute atomic E-state index is 0.187. The molecule has 6 heteroatoms. The fraction of sp³-hybridized carbons (Fsp3) is 0.375. The third-order valence-electron chi connectivity index (χ3n) is 1.61. The number of carbonyl (C=O) groups is 1. The van der Waals surface area contributed by atoms with Gasteiger partial charge in [0.05, 0.1) is 5.69 Å². The predicted octanol–water partition coefficient (Wildman–Crippen LogP) is 0.0636. The van der Waals surface area contributed by atoms with Crippen molar-refractivity contribution >= 4 is 5.97 Å². The largest absolute Gasteiger partial charge is 0.479 e. The lowest BCUT2D eigenvalue weighted by Crippen LogP contribution is -2.12. The molecule has 0 radical (unpaired) electrons. The molecule has 1 aromatic rings.